The molecule has 0 fully saturated rings. The Hall–Kier alpha value is -2.03. The minimum atomic E-state index is -1.07. The Morgan fingerprint density at radius 3 is 2.53 bits per heavy atom. The zero-order chi connectivity index (χ0) is 11.1. The van der Waals surface area contributed by atoms with Crippen molar-refractivity contribution in [2.24, 2.45) is 0 Å². The molecular weight excluding hydrogens is 192 g/mol. The SMILES string of the molecule is CO/C(=C\C=C\c1ccccc1)C(=O)O. The van der Waals surface area contributed by atoms with E-state index in [0.29, 0.717) is 0 Å². The van der Waals surface area contributed by atoms with Crippen LogP contribution in [0.25, 0.3) is 6.08 Å². The van der Waals surface area contributed by atoms with Crippen LogP contribution in [0.1, 0.15) is 5.56 Å². The van der Waals surface area contributed by atoms with E-state index < -0.39 is 5.97 Å². The van der Waals surface area contributed by atoms with Crippen LogP contribution in [0.2, 0.25) is 0 Å². The molecule has 1 N–H and O–H groups in total. The van der Waals surface area contributed by atoms with E-state index >= 15 is 0 Å². The van der Waals surface area contributed by atoms with Crippen LogP contribution in [0.15, 0.2) is 48.2 Å². The fourth-order valence-corrected chi connectivity index (χ4v) is 1.04. The number of benzene rings is 1. The van der Waals surface area contributed by atoms with E-state index in [1.165, 1.54) is 13.2 Å². The summed E-state index contributed by atoms with van der Waals surface area (Å²) in [7, 11) is 1.33. The molecule has 0 amide bonds. The van der Waals surface area contributed by atoms with Crippen molar-refractivity contribution >= 4 is 12.0 Å². The highest BCUT2D eigenvalue weighted by atomic mass is 16.5. The first-order valence-electron chi connectivity index (χ1n) is 4.44. The average molecular weight is 204 g/mol. The quantitative estimate of drug-likeness (QED) is 0.465. The summed E-state index contributed by atoms with van der Waals surface area (Å²) in [6, 6.07) is 9.61. The van der Waals surface area contributed by atoms with Gasteiger partial charge in [-0.25, -0.2) is 4.79 Å². The molecule has 3 nitrogen and oxygen atoms in total. The molecular formula is C12H12O3. The van der Waals surface area contributed by atoms with E-state index in [2.05, 4.69) is 4.74 Å². The molecule has 0 bridgehead atoms. The van der Waals surface area contributed by atoms with Gasteiger partial charge in [0.2, 0.25) is 5.76 Å². The van der Waals surface area contributed by atoms with E-state index in [1.807, 2.05) is 36.4 Å². The Morgan fingerprint density at radius 1 is 1.33 bits per heavy atom. The molecule has 78 valence electrons. The summed E-state index contributed by atoms with van der Waals surface area (Å²) in [6.07, 6.45) is 4.86. The lowest BCUT2D eigenvalue weighted by Gasteiger charge is -1.96. The van der Waals surface area contributed by atoms with Crippen LogP contribution < -0.4 is 0 Å². The Kier molecular flexibility index (Phi) is 4.16. The summed E-state index contributed by atoms with van der Waals surface area (Å²) in [5.41, 5.74) is 1.01. The number of rotatable bonds is 4. The lowest BCUT2D eigenvalue weighted by Crippen LogP contribution is -2.01. The fraction of sp³-hybridized carbons (Fsp3) is 0.0833. The summed E-state index contributed by atoms with van der Waals surface area (Å²) in [6.45, 7) is 0. The van der Waals surface area contributed by atoms with Crippen molar-refractivity contribution in [3.63, 3.8) is 0 Å². The second-order valence-electron chi connectivity index (χ2n) is 2.81. The number of hydrogen-bond donors (Lipinski definition) is 1. The van der Waals surface area contributed by atoms with Crippen molar-refractivity contribution in [1.82, 2.24) is 0 Å². The van der Waals surface area contributed by atoms with E-state index in [1.54, 1.807) is 6.08 Å². The first-order valence-corrected chi connectivity index (χ1v) is 4.44. The molecule has 0 spiro atoms. The van der Waals surface area contributed by atoms with Gasteiger partial charge in [-0.3, -0.25) is 0 Å². The van der Waals surface area contributed by atoms with Crippen LogP contribution in [0.4, 0.5) is 0 Å². The second kappa shape index (κ2) is 5.65. The molecule has 1 rings (SSSR count). The van der Waals surface area contributed by atoms with Crippen molar-refractivity contribution < 1.29 is 14.6 Å². The number of carboxylic acid groups (broad SMARTS) is 1. The second-order valence-corrected chi connectivity index (χ2v) is 2.81. The smallest absolute Gasteiger partial charge is 0.371 e. The lowest BCUT2D eigenvalue weighted by atomic mass is 10.2. The number of aliphatic carboxylic acids is 1. The van der Waals surface area contributed by atoms with Crippen LogP contribution >= 0.6 is 0 Å². The largest absolute Gasteiger partial charge is 0.490 e. The van der Waals surface area contributed by atoms with Gasteiger partial charge in [0.25, 0.3) is 0 Å². The number of ether oxygens (including phenoxy) is 1. The summed E-state index contributed by atoms with van der Waals surface area (Å²) in [4.78, 5) is 10.5. The zero-order valence-corrected chi connectivity index (χ0v) is 8.38. The number of hydrogen-bond acceptors (Lipinski definition) is 2. The Morgan fingerprint density at radius 2 is 2.00 bits per heavy atom. The molecule has 0 saturated carbocycles. The third-order valence-corrected chi connectivity index (χ3v) is 1.77. The molecule has 0 aliphatic rings. The van der Waals surface area contributed by atoms with Gasteiger partial charge in [-0.2, -0.15) is 0 Å². The number of allylic oxidation sites excluding steroid dienone is 2. The number of carbonyl (C=O) groups is 1. The normalized spacial score (nSPS) is 11.7. The summed E-state index contributed by atoms with van der Waals surface area (Å²) < 4.78 is 4.66. The summed E-state index contributed by atoms with van der Waals surface area (Å²) in [5.74, 6) is -1.16. The molecule has 0 aliphatic carbocycles. The van der Waals surface area contributed by atoms with Gasteiger partial charge in [0, 0.05) is 0 Å². The third-order valence-electron chi connectivity index (χ3n) is 1.77. The van der Waals surface area contributed by atoms with Gasteiger partial charge in [0.05, 0.1) is 7.11 Å². The van der Waals surface area contributed by atoms with Gasteiger partial charge in [-0.05, 0) is 11.6 Å². The molecule has 0 saturated heterocycles. The minimum absolute atomic E-state index is 0.0813. The first kappa shape index (κ1) is 11.0. The topological polar surface area (TPSA) is 46.5 Å². The van der Waals surface area contributed by atoms with Crippen molar-refractivity contribution in [1.29, 1.82) is 0 Å². The van der Waals surface area contributed by atoms with Crippen molar-refractivity contribution in [2.75, 3.05) is 7.11 Å². The Bertz CT molecular complexity index is 377. The maximum atomic E-state index is 10.5. The maximum Gasteiger partial charge on any atom is 0.371 e. The molecule has 0 aromatic heterocycles. The highest BCUT2D eigenvalue weighted by Gasteiger charge is 2.03. The van der Waals surface area contributed by atoms with E-state index in [0.717, 1.165) is 5.56 Å². The van der Waals surface area contributed by atoms with Gasteiger partial charge in [0.15, 0.2) is 0 Å². The Labute approximate surface area is 88.3 Å². The lowest BCUT2D eigenvalue weighted by molar-refractivity contribution is -0.136. The molecule has 3 heteroatoms. The average Bonchev–Trinajstić information content (AvgIpc) is 2.25. The van der Waals surface area contributed by atoms with Crippen molar-refractivity contribution in [3.8, 4) is 0 Å². The summed E-state index contributed by atoms with van der Waals surface area (Å²) >= 11 is 0. The van der Waals surface area contributed by atoms with Crippen LogP contribution in [-0.4, -0.2) is 18.2 Å². The molecule has 0 heterocycles. The van der Waals surface area contributed by atoms with Crippen molar-refractivity contribution in [3.05, 3.63) is 53.8 Å². The van der Waals surface area contributed by atoms with Gasteiger partial charge in [-0.1, -0.05) is 42.5 Å². The standard InChI is InChI=1S/C12H12O3/c1-15-11(12(13)14)9-5-8-10-6-3-2-4-7-10/h2-9H,1H3,(H,13,14)/b8-5+,11-9-. The van der Waals surface area contributed by atoms with Crippen LogP contribution in [-0.2, 0) is 9.53 Å². The summed E-state index contributed by atoms with van der Waals surface area (Å²) in [5, 5.41) is 8.64. The first-order chi connectivity index (χ1) is 7.24. The van der Waals surface area contributed by atoms with Gasteiger partial charge in [0.1, 0.15) is 0 Å². The predicted octanol–water partition coefficient (Wildman–Crippen LogP) is 2.31. The third kappa shape index (κ3) is 3.68. The van der Waals surface area contributed by atoms with E-state index in [-0.39, 0.29) is 5.76 Å². The monoisotopic (exact) mass is 204 g/mol. The van der Waals surface area contributed by atoms with Crippen LogP contribution in [0.5, 0.6) is 0 Å². The van der Waals surface area contributed by atoms with Gasteiger partial charge >= 0.3 is 5.97 Å². The van der Waals surface area contributed by atoms with Crippen LogP contribution in [0, 0.1) is 0 Å². The van der Waals surface area contributed by atoms with Gasteiger partial charge < -0.3 is 9.84 Å². The fourth-order valence-electron chi connectivity index (χ4n) is 1.04. The van der Waals surface area contributed by atoms with Gasteiger partial charge in [-0.15, -0.1) is 0 Å². The van der Waals surface area contributed by atoms with Crippen LogP contribution in [0.3, 0.4) is 0 Å². The zero-order valence-electron chi connectivity index (χ0n) is 8.38. The molecule has 0 unspecified atom stereocenters. The molecule has 0 radical (unpaired) electrons. The molecule has 1 aromatic carbocycles. The van der Waals surface area contributed by atoms with E-state index in [9.17, 15) is 4.79 Å². The van der Waals surface area contributed by atoms with Crippen molar-refractivity contribution in [2.45, 2.75) is 0 Å². The Balaban J connectivity index is 2.70. The minimum Gasteiger partial charge on any atom is -0.490 e. The molecule has 15 heavy (non-hydrogen) atoms. The molecule has 1 aromatic rings. The van der Waals surface area contributed by atoms with E-state index in [4.69, 9.17) is 5.11 Å². The number of methoxy groups -OCH3 is 1. The maximum absolute atomic E-state index is 10.5. The predicted molar refractivity (Wildman–Crippen MR) is 58.2 cm³/mol. The molecule has 0 atom stereocenters. The molecule has 0 aliphatic heterocycles. The number of carboxylic acids is 1. The highest BCUT2D eigenvalue weighted by molar-refractivity contribution is 5.84. The highest BCUT2D eigenvalue weighted by Crippen LogP contribution is 2.02.